The monoisotopic (exact) mass is 388 g/mol. The third-order valence-corrected chi connectivity index (χ3v) is 4.78. The lowest BCUT2D eigenvalue weighted by molar-refractivity contribution is 0.844. The Bertz CT molecular complexity index is 986. The van der Waals surface area contributed by atoms with E-state index in [1.807, 2.05) is 30.3 Å². The maximum absolute atomic E-state index is 6.09. The summed E-state index contributed by atoms with van der Waals surface area (Å²) in [5.74, 6) is 0. The van der Waals surface area contributed by atoms with Gasteiger partial charge in [-0.05, 0) is 48.6 Å². The minimum atomic E-state index is 0.499. The lowest BCUT2D eigenvalue weighted by Gasteiger charge is -2.17. The first-order valence-corrected chi connectivity index (χ1v) is 9.81. The van der Waals surface area contributed by atoms with Crippen molar-refractivity contribution in [1.82, 2.24) is 5.32 Å². The average molecular weight is 389 g/mol. The van der Waals surface area contributed by atoms with Crippen LogP contribution in [0.4, 0.5) is 5.69 Å². The Kier molecular flexibility index (Phi) is 6.67. The fourth-order valence-corrected chi connectivity index (χ4v) is 3.39. The van der Waals surface area contributed by atoms with Gasteiger partial charge in [-0.1, -0.05) is 84.9 Å². The molecule has 0 atom stereocenters. The van der Waals surface area contributed by atoms with Crippen LogP contribution in [0.25, 0.3) is 16.8 Å². The number of nitrogens with zero attached hydrogens (tertiary/aromatic N) is 1. The summed E-state index contributed by atoms with van der Waals surface area (Å²) in [7, 11) is 0. The van der Waals surface area contributed by atoms with Crippen molar-refractivity contribution in [2.75, 3.05) is 6.54 Å². The number of benzene rings is 3. The van der Waals surface area contributed by atoms with Crippen LogP contribution < -0.4 is 5.32 Å². The summed E-state index contributed by atoms with van der Waals surface area (Å²) in [6, 6.07) is 24.8. The molecule has 142 valence electrons. The van der Waals surface area contributed by atoms with Crippen molar-refractivity contribution in [3.05, 3.63) is 96.1 Å². The zero-order valence-corrected chi connectivity index (χ0v) is 17.1. The van der Waals surface area contributed by atoms with Crippen molar-refractivity contribution in [3.63, 3.8) is 0 Å². The van der Waals surface area contributed by atoms with Crippen molar-refractivity contribution in [3.8, 4) is 11.1 Å². The van der Waals surface area contributed by atoms with Gasteiger partial charge in [0.2, 0.25) is 0 Å². The quantitative estimate of drug-likeness (QED) is 0.444. The van der Waals surface area contributed by atoms with Crippen LogP contribution in [0.15, 0.2) is 84.4 Å². The molecule has 0 aromatic heterocycles. The summed E-state index contributed by atoms with van der Waals surface area (Å²) in [5.41, 5.74) is 7.53. The molecule has 2 nitrogen and oxygen atoms in total. The van der Waals surface area contributed by atoms with E-state index < -0.39 is 0 Å². The minimum absolute atomic E-state index is 0.499. The third kappa shape index (κ3) is 4.90. The molecule has 3 aromatic rings. The number of rotatable bonds is 7. The number of hydrogen-bond acceptors (Lipinski definition) is 2. The molecule has 3 aromatic carbocycles. The highest BCUT2D eigenvalue weighted by Gasteiger charge is 2.13. The molecule has 0 spiro atoms. The predicted octanol–water partition coefficient (Wildman–Crippen LogP) is 6.75. The molecule has 0 saturated heterocycles. The molecule has 3 heteroatoms. The Morgan fingerprint density at radius 1 is 0.964 bits per heavy atom. The third-order valence-electron chi connectivity index (χ3n) is 4.70. The highest BCUT2D eigenvalue weighted by atomic mass is 35.5. The van der Waals surface area contributed by atoms with E-state index in [4.69, 9.17) is 11.6 Å². The Balaban J connectivity index is 1.89. The Hall–Kier alpha value is -2.84. The topological polar surface area (TPSA) is 24.4 Å². The standard InChI is InChI=1S/C25H25ClN2/c1-18-10-7-8-11-21(18)16-17-27-19(2)25-23(22-12-5-4-6-13-22)14-9-15-24(25)28-20(3)26/h4-15,27H,2,16-17H2,1,3H3/b28-20+. The molecule has 0 unspecified atom stereocenters. The van der Waals surface area contributed by atoms with E-state index in [0.717, 1.165) is 41.0 Å². The van der Waals surface area contributed by atoms with E-state index in [-0.39, 0.29) is 0 Å². The second kappa shape index (κ2) is 9.38. The van der Waals surface area contributed by atoms with Gasteiger partial charge in [0.25, 0.3) is 0 Å². The molecule has 0 aliphatic carbocycles. The van der Waals surface area contributed by atoms with Gasteiger partial charge < -0.3 is 5.32 Å². The second-order valence-corrected chi connectivity index (χ2v) is 7.30. The van der Waals surface area contributed by atoms with E-state index >= 15 is 0 Å². The van der Waals surface area contributed by atoms with E-state index in [0.29, 0.717) is 5.17 Å². The normalized spacial score (nSPS) is 11.3. The first kappa shape index (κ1) is 19.9. The zero-order valence-electron chi connectivity index (χ0n) is 16.4. The second-order valence-electron chi connectivity index (χ2n) is 6.76. The molecule has 1 N–H and O–H groups in total. The smallest absolute Gasteiger partial charge is 0.103 e. The first-order chi connectivity index (χ1) is 13.6. The number of aryl methyl sites for hydroxylation is 1. The summed E-state index contributed by atoms with van der Waals surface area (Å²) < 4.78 is 0. The number of halogens is 1. The highest BCUT2D eigenvalue weighted by Crippen LogP contribution is 2.35. The SMILES string of the molecule is C=C(NCCc1ccccc1C)c1c(/N=C(\C)Cl)cccc1-c1ccccc1. The lowest BCUT2D eigenvalue weighted by Crippen LogP contribution is -2.16. The van der Waals surface area contributed by atoms with Gasteiger partial charge >= 0.3 is 0 Å². The zero-order chi connectivity index (χ0) is 19.9. The number of hydrogen-bond donors (Lipinski definition) is 1. The number of aliphatic imine (C=N–C) groups is 1. The van der Waals surface area contributed by atoms with Crippen LogP contribution in [0.2, 0.25) is 0 Å². The fourth-order valence-electron chi connectivity index (χ4n) is 3.30. The highest BCUT2D eigenvalue weighted by molar-refractivity contribution is 6.65. The van der Waals surface area contributed by atoms with E-state index in [2.05, 4.69) is 66.3 Å². The van der Waals surface area contributed by atoms with E-state index in [1.165, 1.54) is 11.1 Å². The van der Waals surface area contributed by atoms with Gasteiger partial charge in [0.15, 0.2) is 0 Å². The summed E-state index contributed by atoms with van der Waals surface area (Å²) in [6.07, 6.45) is 0.937. The van der Waals surface area contributed by atoms with Gasteiger partial charge in [0, 0.05) is 17.8 Å². The molecule has 0 fully saturated rings. The summed E-state index contributed by atoms with van der Waals surface area (Å²) >= 11 is 6.09. The summed E-state index contributed by atoms with van der Waals surface area (Å²) in [5, 5.41) is 3.99. The Morgan fingerprint density at radius 2 is 1.68 bits per heavy atom. The van der Waals surface area contributed by atoms with E-state index in [9.17, 15) is 0 Å². The van der Waals surface area contributed by atoms with E-state index in [1.54, 1.807) is 6.92 Å². The van der Waals surface area contributed by atoms with Gasteiger partial charge in [-0.2, -0.15) is 0 Å². The molecule has 0 amide bonds. The molecule has 0 saturated carbocycles. The van der Waals surface area contributed by atoms with Crippen LogP contribution in [0, 0.1) is 6.92 Å². The number of nitrogens with one attached hydrogen (secondary N) is 1. The molecular formula is C25H25ClN2. The molecule has 0 aliphatic rings. The van der Waals surface area contributed by atoms with Gasteiger partial charge in [-0.3, -0.25) is 0 Å². The van der Waals surface area contributed by atoms with Crippen molar-refractivity contribution in [2.24, 2.45) is 4.99 Å². The molecular weight excluding hydrogens is 364 g/mol. The van der Waals surface area contributed by atoms with Gasteiger partial charge in [-0.15, -0.1) is 0 Å². The average Bonchev–Trinajstić information content (AvgIpc) is 2.69. The van der Waals surface area contributed by atoms with Crippen LogP contribution in [-0.2, 0) is 6.42 Å². The maximum atomic E-state index is 6.09. The van der Waals surface area contributed by atoms with Crippen molar-refractivity contribution in [1.29, 1.82) is 0 Å². The van der Waals surface area contributed by atoms with Crippen LogP contribution in [0.5, 0.6) is 0 Å². The first-order valence-electron chi connectivity index (χ1n) is 9.43. The van der Waals surface area contributed by atoms with Crippen molar-refractivity contribution < 1.29 is 0 Å². The molecule has 0 aliphatic heterocycles. The largest absolute Gasteiger partial charge is 0.385 e. The van der Waals surface area contributed by atoms with Crippen LogP contribution in [-0.4, -0.2) is 11.7 Å². The van der Waals surface area contributed by atoms with Crippen LogP contribution in [0.3, 0.4) is 0 Å². The van der Waals surface area contributed by atoms with Crippen LogP contribution >= 0.6 is 11.6 Å². The summed E-state index contributed by atoms with van der Waals surface area (Å²) in [4.78, 5) is 4.53. The molecule has 0 radical (unpaired) electrons. The Morgan fingerprint density at radius 3 is 2.39 bits per heavy atom. The molecule has 0 bridgehead atoms. The van der Waals surface area contributed by atoms with Crippen LogP contribution in [0.1, 0.15) is 23.6 Å². The maximum Gasteiger partial charge on any atom is 0.103 e. The van der Waals surface area contributed by atoms with Crippen molar-refractivity contribution >= 4 is 28.2 Å². The summed E-state index contributed by atoms with van der Waals surface area (Å²) in [6.45, 7) is 9.04. The minimum Gasteiger partial charge on any atom is -0.385 e. The van der Waals surface area contributed by atoms with Crippen molar-refractivity contribution in [2.45, 2.75) is 20.3 Å². The molecule has 3 rings (SSSR count). The lowest BCUT2D eigenvalue weighted by atomic mass is 9.96. The predicted molar refractivity (Wildman–Crippen MR) is 122 cm³/mol. The van der Waals surface area contributed by atoms with Gasteiger partial charge in [-0.25, -0.2) is 4.99 Å². The Labute approximate surface area is 172 Å². The molecule has 0 heterocycles. The fraction of sp³-hybridized carbons (Fsp3) is 0.160. The van der Waals surface area contributed by atoms with Gasteiger partial charge in [0.05, 0.1) is 5.69 Å². The molecule has 28 heavy (non-hydrogen) atoms. The van der Waals surface area contributed by atoms with Gasteiger partial charge in [0.1, 0.15) is 5.17 Å².